The van der Waals surface area contributed by atoms with Crippen LogP contribution in [0.15, 0.2) is 0 Å². The number of amides is 1. The first-order valence-electron chi connectivity index (χ1n) is 6.21. The number of aryl methyl sites for hydroxylation is 1. The second kappa shape index (κ2) is 4.97. The van der Waals surface area contributed by atoms with Crippen LogP contribution in [0, 0.1) is 19.8 Å². The molecular formula is C12H20N4O2. The molecule has 6 heteroatoms. The Balaban J connectivity index is 1.81. The maximum absolute atomic E-state index is 11.7. The van der Waals surface area contributed by atoms with Crippen molar-refractivity contribution >= 4 is 11.6 Å². The van der Waals surface area contributed by atoms with E-state index in [2.05, 4.69) is 10.4 Å². The number of aliphatic hydroxyl groups is 1. The number of aromatic nitrogens is 2. The average Bonchev–Trinajstić information content (AvgIpc) is 2.51. The summed E-state index contributed by atoms with van der Waals surface area (Å²) in [6.45, 7) is 4.50. The van der Waals surface area contributed by atoms with Crippen molar-refractivity contribution in [1.82, 2.24) is 15.1 Å². The Morgan fingerprint density at radius 3 is 2.72 bits per heavy atom. The molecule has 1 aromatic heterocycles. The number of rotatable bonds is 4. The predicted octanol–water partition coefficient (Wildman–Crippen LogP) is -0.0308. The first kappa shape index (κ1) is 12.9. The standard InChI is InChI=1S/C12H20N4O2/c1-7-12(13)8(2)16(15-7)6-11(18)14-5-9-3-10(17)4-9/h9-10,17H,3-6,13H2,1-2H3,(H,14,18). The SMILES string of the molecule is Cc1nn(CC(=O)NCC2CC(O)C2)c(C)c1N. The largest absolute Gasteiger partial charge is 0.396 e. The summed E-state index contributed by atoms with van der Waals surface area (Å²) in [5.41, 5.74) is 8.02. The number of anilines is 1. The Bertz CT molecular complexity index is 449. The maximum atomic E-state index is 11.7. The van der Waals surface area contributed by atoms with Gasteiger partial charge < -0.3 is 16.2 Å². The van der Waals surface area contributed by atoms with Crippen LogP contribution in [0.1, 0.15) is 24.2 Å². The van der Waals surface area contributed by atoms with Gasteiger partial charge in [-0.25, -0.2) is 0 Å². The van der Waals surface area contributed by atoms with Crippen LogP contribution in [0.25, 0.3) is 0 Å². The van der Waals surface area contributed by atoms with Crippen LogP contribution in [-0.4, -0.2) is 33.4 Å². The van der Waals surface area contributed by atoms with E-state index in [9.17, 15) is 4.79 Å². The number of hydrogen-bond donors (Lipinski definition) is 3. The zero-order valence-corrected chi connectivity index (χ0v) is 10.8. The molecule has 1 heterocycles. The van der Waals surface area contributed by atoms with E-state index in [4.69, 9.17) is 10.8 Å². The molecule has 4 N–H and O–H groups in total. The van der Waals surface area contributed by atoms with Gasteiger partial charge in [0, 0.05) is 6.54 Å². The van der Waals surface area contributed by atoms with Crippen LogP contribution >= 0.6 is 0 Å². The van der Waals surface area contributed by atoms with Gasteiger partial charge in [-0.05, 0) is 32.6 Å². The highest BCUT2D eigenvalue weighted by Crippen LogP contribution is 2.26. The van der Waals surface area contributed by atoms with Crippen LogP contribution in [0.5, 0.6) is 0 Å². The minimum absolute atomic E-state index is 0.0676. The highest BCUT2D eigenvalue weighted by molar-refractivity contribution is 5.75. The van der Waals surface area contributed by atoms with Gasteiger partial charge in [0.2, 0.25) is 5.91 Å². The monoisotopic (exact) mass is 252 g/mol. The summed E-state index contributed by atoms with van der Waals surface area (Å²) < 4.78 is 1.62. The molecule has 0 aromatic carbocycles. The lowest BCUT2D eigenvalue weighted by Gasteiger charge is -2.31. The zero-order chi connectivity index (χ0) is 13.3. The van der Waals surface area contributed by atoms with Crippen LogP contribution in [0.3, 0.4) is 0 Å². The molecule has 1 aliphatic carbocycles. The molecule has 6 nitrogen and oxygen atoms in total. The topological polar surface area (TPSA) is 93.2 Å². The number of carbonyl (C=O) groups excluding carboxylic acids is 1. The van der Waals surface area contributed by atoms with Crippen molar-refractivity contribution in [3.05, 3.63) is 11.4 Å². The van der Waals surface area contributed by atoms with Gasteiger partial charge in [0.15, 0.2) is 0 Å². The smallest absolute Gasteiger partial charge is 0.241 e. The molecule has 100 valence electrons. The summed E-state index contributed by atoms with van der Waals surface area (Å²) in [5, 5.41) is 16.2. The Morgan fingerprint density at radius 2 is 2.22 bits per heavy atom. The number of aliphatic hydroxyl groups excluding tert-OH is 1. The molecular weight excluding hydrogens is 232 g/mol. The van der Waals surface area contributed by atoms with Gasteiger partial charge in [0.1, 0.15) is 6.54 Å². The van der Waals surface area contributed by atoms with E-state index in [0.717, 1.165) is 24.2 Å². The fraction of sp³-hybridized carbons (Fsp3) is 0.667. The van der Waals surface area contributed by atoms with E-state index in [-0.39, 0.29) is 18.6 Å². The van der Waals surface area contributed by atoms with E-state index in [1.165, 1.54) is 0 Å². The predicted molar refractivity (Wildman–Crippen MR) is 67.9 cm³/mol. The summed E-state index contributed by atoms with van der Waals surface area (Å²) in [4.78, 5) is 11.7. The molecule has 1 aliphatic rings. The van der Waals surface area contributed by atoms with Gasteiger partial charge >= 0.3 is 0 Å². The first-order chi connectivity index (χ1) is 8.47. The summed E-state index contributed by atoms with van der Waals surface area (Å²) in [7, 11) is 0. The number of nitrogens with two attached hydrogens (primary N) is 1. The molecule has 2 rings (SSSR count). The van der Waals surface area contributed by atoms with Gasteiger partial charge in [0.25, 0.3) is 0 Å². The van der Waals surface area contributed by atoms with Gasteiger partial charge in [-0.15, -0.1) is 0 Å². The first-order valence-corrected chi connectivity index (χ1v) is 6.21. The zero-order valence-electron chi connectivity index (χ0n) is 10.8. The second-order valence-corrected chi connectivity index (χ2v) is 5.04. The van der Waals surface area contributed by atoms with Crippen molar-refractivity contribution in [2.75, 3.05) is 12.3 Å². The summed E-state index contributed by atoms with van der Waals surface area (Å²) in [6.07, 6.45) is 1.39. The molecule has 0 unspecified atom stereocenters. The fourth-order valence-electron chi connectivity index (χ4n) is 2.18. The number of nitrogens with one attached hydrogen (secondary N) is 1. The molecule has 0 saturated heterocycles. The van der Waals surface area contributed by atoms with Crippen LogP contribution in [0.2, 0.25) is 0 Å². The lowest BCUT2D eigenvalue weighted by atomic mass is 9.82. The van der Waals surface area contributed by atoms with Gasteiger partial charge in [-0.1, -0.05) is 0 Å². The van der Waals surface area contributed by atoms with Crippen molar-refractivity contribution < 1.29 is 9.90 Å². The summed E-state index contributed by atoms with van der Waals surface area (Å²) in [5.74, 6) is 0.344. The molecule has 0 spiro atoms. The normalized spacial score (nSPS) is 22.6. The van der Waals surface area contributed by atoms with Crippen molar-refractivity contribution in [1.29, 1.82) is 0 Å². The quantitative estimate of drug-likeness (QED) is 0.701. The molecule has 0 radical (unpaired) electrons. The number of nitrogen functional groups attached to an aromatic ring is 1. The maximum Gasteiger partial charge on any atom is 0.241 e. The summed E-state index contributed by atoms with van der Waals surface area (Å²) in [6, 6.07) is 0. The highest BCUT2D eigenvalue weighted by atomic mass is 16.3. The molecule has 1 aromatic rings. The van der Waals surface area contributed by atoms with Crippen LogP contribution in [-0.2, 0) is 11.3 Å². The van der Waals surface area contributed by atoms with Crippen molar-refractivity contribution in [2.24, 2.45) is 5.92 Å². The number of hydrogen-bond acceptors (Lipinski definition) is 4. The van der Waals surface area contributed by atoms with Crippen molar-refractivity contribution in [2.45, 2.75) is 39.3 Å². The van der Waals surface area contributed by atoms with Crippen molar-refractivity contribution in [3.63, 3.8) is 0 Å². The Morgan fingerprint density at radius 1 is 1.56 bits per heavy atom. The van der Waals surface area contributed by atoms with Gasteiger partial charge in [-0.3, -0.25) is 9.48 Å². The molecule has 1 amide bonds. The third-order valence-corrected chi connectivity index (χ3v) is 3.53. The minimum Gasteiger partial charge on any atom is -0.396 e. The van der Waals surface area contributed by atoms with E-state index >= 15 is 0 Å². The third kappa shape index (κ3) is 2.64. The Labute approximate surface area is 106 Å². The van der Waals surface area contributed by atoms with E-state index in [1.54, 1.807) is 4.68 Å². The molecule has 0 bridgehead atoms. The molecule has 0 aliphatic heterocycles. The summed E-state index contributed by atoms with van der Waals surface area (Å²) >= 11 is 0. The molecule has 0 atom stereocenters. The molecule has 18 heavy (non-hydrogen) atoms. The number of carbonyl (C=O) groups is 1. The molecule has 1 fully saturated rings. The Kier molecular flexibility index (Phi) is 3.56. The van der Waals surface area contributed by atoms with E-state index < -0.39 is 0 Å². The van der Waals surface area contributed by atoms with Gasteiger partial charge in [0.05, 0.1) is 23.2 Å². The van der Waals surface area contributed by atoms with E-state index in [1.807, 2.05) is 13.8 Å². The third-order valence-electron chi connectivity index (χ3n) is 3.53. The average molecular weight is 252 g/mol. The van der Waals surface area contributed by atoms with Gasteiger partial charge in [-0.2, -0.15) is 5.10 Å². The fourth-order valence-corrected chi connectivity index (χ4v) is 2.18. The number of nitrogens with zero attached hydrogens (tertiary/aromatic N) is 2. The van der Waals surface area contributed by atoms with E-state index in [0.29, 0.717) is 18.2 Å². The van der Waals surface area contributed by atoms with Crippen molar-refractivity contribution in [3.8, 4) is 0 Å². The molecule has 1 saturated carbocycles. The second-order valence-electron chi connectivity index (χ2n) is 5.04. The minimum atomic E-state index is -0.178. The van der Waals surface area contributed by atoms with Crippen LogP contribution < -0.4 is 11.1 Å². The lowest BCUT2D eigenvalue weighted by Crippen LogP contribution is -2.39. The Hall–Kier alpha value is -1.56. The highest BCUT2D eigenvalue weighted by Gasteiger charge is 2.27. The van der Waals surface area contributed by atoms with Crippen LogP contribution in [0.4, 0.5) is 5.69 Å². The lowest BCUT2D eigenvalue weighted by molar-refractivity contribution is -0.122.